The molecule has 0 N–H and O–H groups in total. The van der Waals surface area contributed by atoms with Crippen molar-refractivity contribution in [1.29, 1.82) is 0 Å². The minimum Gasteiger partial charge on any atom is -0.264 e. The van der Waals surface area contributed by atoms with Crippen LogP contribution < -0.4 is 0 Å². The van der Waals surface area contributed by atoms with E-state index < -0.39 is 0 Å². The molecule has 0 radical (unpaired) electrons. The van der Waals surface area contributed by atoms with Gasteiger partial charge in [-0.05, 0) is 23.6 Å². The number of nitrogens with zero attached hydrogens (tertiary/aromatic N) is 1. The van der Waals surface area contributed by atoms with Crippen molar-refractivity contribution in [2.24, 2.45) is 0 Å². The summed E-state index contributed by atoms with van der Waals surface area (Å²) in [4.78, 5) is 4.10. The fourth-order valence-electron chi connectivity index (χ4n) is 1.04. The van der Waals surface area contributed by atoms with Crippen LogP contribution in [0.5, 0.6) is 0 Å². The van der Waals surface area contributed by atoms with Gasteiger partial charge in [-0.2, -0.15) is 0 Å². The maximum absolute atomic E-state index is 4.10. The summed E-state index contributed by atoms with van der Waals surface area (Å²) in [6.07, 6.45) is 7.84. The third kappa shape index (κ3) is 2.19. The van der Waals surface area contributed by atoms with Gasteiger partial charge >= 0.3 is 0 Å². The molecule has 1 nitrogen and oxygen atoms in total. The van der Waals surface area contributed by atoms with E-state index in [0.29, 0.717) is 0 Å². The summed E-state index contributed by atoms with van der Waals surface area (Å²) in [6.45, 7) is 5.86. The topological polar surface area (TPSA) is 12.9 Å². The molecular formula is C10H13N. The Kier molecular flexibility index (Phi) is 2.84. The third-order valence-electron chi connectivity index (χ3n) is 1.59. The smallest absolute Gasteiger partial charge is 0.0340 e. The lowest BCUT2D eigenvalue weighted by Crippen LogP contribution is -1.85. The van der Waals surface area contributed by atoms with E-state index in [-0.39, 0.29) is 0 Å². The van der Waals surface area contributed by atoms with Crippen LogP contribution in [0.4, 0.5) is 0 Å². The highest BCUT2D eigenvalue weighted by atomic mass is 14.6. The lowest BCUT2D eigenvalue weighted by atomic mass is 10.1. The number of rotatable bonds is 3. The number of hydrogen-bond donors (Lipinski definition) is 0. The van der Waals surface area contributed by atoms with Crippen LogP contribution in [0.15, 0.2) is 25.0 Å². The zero-order valence-corrected chi connectivity index (χ0v) is 6.88. The molecule has 0 aliphatic heterocycles. The average Bonchev–Trinajstić information content (AvgIpc) is 2.06. The molecule has 0 atom stereocenters. The van der Waals surface area contributed by atoms with E-state index >= 15 is 0 Å². The highest BCUT2D eigenvalue weighted by molar-refractivity contribution is 5.45. The van der Waals surface area contributed by atoms with Gasteiger partial charge in [-0.15, -0.1) is 0 Å². The first kappa shape index (κ1) is 7.99. The van der Waals surface area contributed by atoms with Crippen molar-refractivity contribution in [3.63, 3.8) is 0 Å². The van der Waals surface area contributed by atoms with Crippen LogP contribution in [-0.4, -0.2) is 4.98 Å². The maximum atomic E-state index is 4.10. The molecular weight excluding hydrogens is 134 g/mol. The Balaban J connectivity index is 2.82. The van der Waals surface area contributed by atoms with E-state index in [0.717, 1.165) is 12.0 Å². The van der Waals surface area contributed by atoms with Gasteiger partial charge in [-0.25, -0.2) is 0 Å². The molecule has 1 aromatic heterocycles. The molecule has 0 bridgehead atoms. The first-order valence-corrected chi connectivity index (χ1v) is 3.93. The van der Waals surface area contributed by atoms with E-state index in [1.165, 1.54) is 12.0 Å². The summed E-state index contributed by atoms with van der Waals surface area (Å²) < 4.78 is 0. The van der Waals surface area contributed by atoms with Gasteiger partial charge in [0.1, 0.15) is 0 Å². The summed E-state index contributed by atoms with van der Waals surface area (Å²) in [6, 6.07) is 2.13. The van der Waals surface area contributed by atoms with Crippen LogP contribution in [0.1, 0.15) is 24.5 Å². The molecule has 1 heteroatoms. The molecule has 0 spiro atoms. The Bertz CT molecular complexity index is 240. The molecule has 58 valence electrons. The zero-order valence-electron chi connectivity index (χ0n) is 6.88. The van der Waals surface area contributed by atoms with Crippen LogP contribution in [0.25, 0.3) is 6.08 Å². The summed E-state index contributed by atoms with van der Waals surface area (Å²) in [5.41, 5.74) is 2.40. The molecule has 0 saturated carbocycles. The quantitative estimate of drug-likeness (QED) is 0.640. The molecule has 1 aromatic rings. The maximum Gasteiger partial charge on any atom is 0.0340 e. The van der Waals surface area contributed by atoms with Crippen molar-refractivity contribution in [3.8, 4) is 0 Å². The fraction of sp³-hybridized carbons (Fsp3) is 0.300. The normalized spacial score (nSPS) is 9.55. The summed E-state index contributed by atoms with van der Waals surface area (Å²) in [5, 5.41) is 0. The minimum atomic E-state index is 1.11. The van der Waals surface area contributed by atoms with Crippen molar-refractivity contribution in [1.82, 2.24) is 4.98 Å². The van der Waals surface area contributed by atoms with E-state index in [1.807, 2.05) is 18.5 Å². The van der Waals surface area contributed by atoms with E-state index in [1.54, 1.807) is 0 Å². The second-order valence-electron chi connectivity index (χ2n) is 2.58. The van der Waals surface area contributed by atoms with Crippen LogP contribution in [0.2, 0.25) is 0 Å². The Morgan fingerprint density at radius 2 is 2.36 bits per heavy atom. The lowest BCUT2D eigenvalue weighted by molar-refractivity contribution is 0.913. The highest BCUT2D eigenvalue weighted by Crippen LogP contribution is 2.05. The Labute approximate surface area is 67.8 Å². The molecule has 11 heavy (non-hydrogen) atoms. The molecule has 0 aliphatic carbocycles. The van der Waals surface area contributed by atoms with E-state index in [4.69, 9.17) is 0 Å². The predicted molar refractivity (Wildman–Crippen MR) is 48.3 cm³/mol. The van der Waals surface area contributed by atoms with Crippen LogP contribution in [0, 0.1) is 0 Å². The number of aryl methyl sites for hydroxylation is 1. The molecule has 0 fully saturated rings. The van der Waals surface area contributed by atoms with Gasteiger partial charge in [-0.3, -0.25) is 4.98 Å². The van der Waals surface area contributed by atoms with E-state index in [2.05, 4.69) is 24.6 Å². The number of pyridine rings is 1. The van der Waals surface area contributed by atoms with Gasteiger partial charge in [0.2, 0.25) is 0 Å². The van der Waals surface area contributed by atoms with Crippen LogP contribution >= 0.6 is 0 Å². The number of hydrogen-bond acceptors (Lipinski definition) is 1. The molecule has 0 amide bonds. The highest BCUT2D eigenvalue weighted by Gasteiger charge is 1.91. The molecule has 0 aliphatic rings. The summed E-state index contributed by atoms with van der Waals surface area (Å²) in [5.74, 6) is 0. The van der Waals surface area contributed by atoms with Crippen LogP contribution in [0.3, 0.4) is 0 Å². The van der Waals surface area contributed by atoms with Gasteiger partial charge in [-0.1, -0.05) is 26.0 Å². The van der Waals surface area contributed by atoms with Crippen LogP contribution in [-0.2, 0) is 6.42 Å². The Hall–Kier alpha value is -1.11. The number of aromatic nitrogens is 1. The summed E-state index contributed by atoms with van der Waals surface area (Å²) >= 11 is 0. The van der Waals surface area contributed by atoms with Gasteiger partial charge in [0.15, 0.2) is 0 Å². The summed E-state index contributed by atoms with van der Waals surface area (Å²) in [7, 11) is 0. The average molecular weight is 147 g/mol. The monoisotopic (exact) mass is 147 g/mol. The Morgan fingerprint density at radius 3 is 3.00 bits per heavy atom. The Morgan fingerprint density at radius 1 is 1.55 bits per heavy atom. The fourth-order valence-corrected chi connectivity index (χ4v) is 1.04. The second-order valence-corrected chi connectivity index (χ2v) is 2.58. The van der Waals surface area contributed by atoms with E-state index in [9.17, 15) is 0 Å². The van der Waals surface area contributed by atoms with Gasteiger partial charge < -0.3 is 0 Å². The standard InChI is InChI=1S/C10H13N/c1-3-5-10-6-9(4-2)7-11-8-10/h4,6-8H,2-3,5H2,1H3. The first-order valence-electron chi connectivity index (χ1n) is 3.93. The molecule has 0 unspecified atom stereocenters. The predicted octanol–water partition coefficient (Wildman–Crippen LogP) is 2.68. The molecule has 0 saturated heterocycles. The SMILES string of the molecule is C=Cc1cncc(CCC)c1. The van der Waals surface area contributed by atoms with Crippen molar-refractivity contribution in [2.45, 2.75) is 19.8 Å². The largest absolute Gasteiger partial charge is 0.264 e. The van der Waals surface area contributed by atoms with Crippen molar-refractivity contribution in [3.05, 3.63) is 36.2 Å². The first-order chi connectivity index (χ1) is 5.36. The lowest BCUT2D eigenvalue weighted by Gasteiger charge is -1.97. The van der Waals surface area contributed by atoms with Crippen molar-refractivity contribution in [2.75, 3.05) is 0 Å². The van der Waals surface area contributed by atoms with Gasteiger partial charge in [0.05, 0.1) is 0 Å². The zero-order chi connectivity index (χ0) is 8.10. The molecule has 1 heterocycles. The van der Waals surface area contributed by atoms with Crippen molar-refractivity contribution >= 4 is 6.08 Å². The minimum absolute atomic E-state index is 1.11. The molecule has 1 rings (SSSR count). The van der Waals surface area contributed by atoms with Gasteiger partial charge in [0.25, 0.3) is 0 Å². The second kappa shape index (κ2) is 3.91. The third-order valence-corrected chi connectivity index (χ3v) is 1.59. The molecule has 0 aromatic carbocycles. The van der Waals surface area contributed by atoms with Crippen molar-refractivity contribution < 1.29 is 0 Å². The van der Waals surface area contributed by atoms with Gasteiger partial charge in [0, 0.05) is 12.4 Å².